The molecule has 2 aromatic rings. The quantitative estimate of drug-likeness (QED) is 0.841. The van der Waals surface area contributed by atoms with Crippen molar-refractivity contribution < 1.29 is 9.13 Å². The lowest BCUT2D eigenvalue weighted by Crippen LogP contribution is -2.03. The van der Waals surface area contributed by atoms with Crippen molar-refractivity contribution in [1.82, 2.24) is 0 Å². The number of methoxy groups -OCH3 is 1. The van der Waals surface area contributed by atoms with E-state index in [2.05, 4.69) is 21.2 Å². The minimum atomic E-state index is -0.464. The van der Waals surface area contributed by atoms with Gasteiger partial charge < -0.3 is 15.8 Å². The number of nitrogens with two attached hydrogens (primary N) is 1. The fraction of sp³-hybridized carbons (Fsp3) is 0.143. The fourth-order valence-corrected chi connectivity index (χ4v) is 1.94. The van der Waals surface area contributed by atoms with E-state index in [1.807, 2.05) is 24.3 Å². The molecule has 0 fully saturated rings. The van der Waals surface area contributed by atoms with Crippen LogP contribution in [0, 0.1) is 5.82 Å². The molecule has 0 amide bonds. The van der Waals surface area contributed by atoms with Crippen LogP contribution in [0.4, 0.5) is 15.8 Å². The topological polar surface area (TPSA) is 47.3 Å². The van der Waals surface area contributed by atoms with Gasteiger partial charge in [0.15, 0.2) is 11.6 Å². The van der Waals surface area contributed by atoms with Gasteiger partial charge in [0.25, 0.3) is 0 Å². The molecule has 2 rings (SSSR count). The number of nitrogen functional groups attached to an aromatic ring is 1. The Morgan fingerprint density at radius 1 is 1.26 bits per heavy atom. The van der Waals surface area contributed by atoms with Crippen molar-refractivity contribution in [3.8, 4) is 5.75 Å². The molecule has 0 unspecified atom stereocenters. The summed E-state index contributed by atoms with van der Waals surface area (Å²) in [4.78, 5) is 0. The van der Waals surface area contributed by atoms with Crippen LogP contribution in [0.5, 0.6) is 5.75 Å². The molecule has 0 aliphatic rings. The van der Waals surface area contributed by atoms with Crippen molar-refractivity contribution in [3.05, 3.63) is 52.3 Å². The van der Waals surface area contributed by atoms with Crippen molar-refractivity contribution in [2.75, 3.05) is 18.2 Å². The number of nitrogens with one attached hydrogen (secondary N) is 1. The van der Waals surface area contributed by atoms with E-state index >= 15 is 0 Å². The van der Waals surface area contributed by atoms with Gasteiger partial charge in [-0.15, -0.1) is 0 Å². The van der Waals surface area contributed by atoms with Gasteiger partial charge in [0.05, 0.1) is 18.5 Å². The standard InChI is InChI=1S/C14H14BrFN2O/c1-19-14-7-13(12(17)6-11(14)16)18-8-9-2-4-10(15)5-3-9/h2-7,18H,8,17H2,1H3. The number of benzene rings is 2. The summed E-state index contributed by atoms with van der Waals surface area (Å²) in [6.07, 6.45) is 0. The van der Waals surface area contributed by atoms with E-state index in [-0.39, 0.29) is 5.75 Å². The summed E-state index contributed by atoms with van der Waals surface area (Å²) in [5, 5.41) is 3.16. The molecule has 0 heterocycles. The monoisotopic (exact) mass is 324 g/mol. The summed E-state index contributed by atoms with van der Waals surface area (Å²) < 4.78 is 19.4. The molecular weight excluding hydrogens is 311 g/mol. The minimum Gasteiger partial charge on any atom is -0.494 e. The second kappa shape index (κ2) is 5.93. The molecule has 100 valence electrons. The summed E-state index contributed by atoms with van der Waals surface area (Å²) >= 11 is 3.38. The van der Waals surface area contributed by atoms with E-state index in [0.29, 0.717) is 17.9 Å². The van der Waals surface area contributed by atoms with Gasteiger partial charge in [-0.25, -0.2) is 4.39 Å². The van der Waals surface area contributed by atoms with Crippen molar-refractivity contribution >= 4 is 27.3 Å². The SMILES string of the molecule is COc1cc(NCc2ccc(Br)cc2)c(N)cc1F. The molecule has 19 heavy (non-hydrogen) atoms. The molecule has 2 aromatic carbocycles. The Kier molecular flexibility index (Phi) is 4.27. The molecule has 0 aliphatic heterocycles. The first-order valence-corrected chi connectivity index (χ1v) is 6.51. The van der Waals surface area contributed by atoms with E-state index in [1.54, 1.807) is 6.07 Å². The normalized spacial score (nSPS) is 10.3. The van der Waals surface area contributed by atoms with Crippen LogP contribution in [0.1, 0.15) is 5.56 Å². The lowest BCUT2D eigenvalue weighted by atomic mass is 10.2. The predicted molar refractivity (Wildman–Crippen MR) is 78.8 cm³/mol. The minimum absolute atomic E-state index is 0.174. The number of ether oxygens (including phenoxy) is 1. The summed E-state index contributed by atoms with van der Waals surface area (Å²) in [5.41, 5.74) is 7.88. The highest BCUT2D eigenvalue weighted by Crippen LogP contribution is 2.28. The second-order valence-electron chi connectivity index (χ2n) is 4.05. The molecular formula is C14H14BrFN2O. The van der Waals surface area contributed by atoms with Crippen LogP contribution in [0.25, 0.3) is 0 Å². The first kappa shape index (κ1) is 13.7. The smallest absolute Gasteiger partial charge is 0.167 e. The number of anilines is 2. The molecule has 3 nitrogen and oxygen atoms in total. The first-order valence-electron chi connectivity index (χ1n) is 5.71. The third kappa shape index (κ3) is 3.38. The highest BCUT2D eigenvalue weighted by atomic mass is 79.9. The number of hydrogen-bond acceptors (Lipinski definition) is 3. The van der Waals surface area contributed by atoms with Crippen LogP contribution in [0.2, 0.25) is 0 Å². The summed E-state index contributed by atoms with van der Waals surface area (Å²) in [6, 6.07) is 10.7. The highest BCUT2D eigenvalue weighted by molar-refractivity contribution is 9.10. The maximum absolute atomic E-state index is 13.4. The summed E-state index contributed by atoms with van der Waals surface area (Å²) in [5.74, 6) is -0.290. The molecule has 0 spiro atoms. The fourth-order valence-electron chi connectivity index (χ4n) is 1.68. The van der Waals surface area contributed by atoms with Gasteiger partial charge in [-0.1, -0.05) is 28.1 Å². The third-order valence-electron chi connectivity index (χ3n) is 2.72. The maximum Gasteiger partial charge on any atom is 0.167 e. The Bertz CT molecular complexity index is 572. The largest absolute Gasteiger partial charge is 0.494 e. The Morgan fingerprint density at radius 2 is 1.95 bits per heavy atom. The predicted octanol–water partition coefficient (Wildman–Crippen LogP) is 3.79. The molecule has 0 aliphatic carbocycles. The Morgan fingerprint density at radius 3 is 2.58 bits per heavy atom. The number of rotatable bonds is 4. The van der Waals surface area contributed by atoms with Gasteiger partial charge in [0.2, 0.25) is 0 Å². The first-order chi connectivity index (χ1) is 9.10. The van der Waals surface area contributed by atoms with Gasteiger partial charge >= 0.3 is 0 Å². The molecule has 5 heteroatoms. The molecule has 0 saturated heterocycles. The van der Waals surface area contributed by atoms with Crippen LogP contribution in [-0.2, 0) is 6.54 Å². The van der Waals surface area contributed by atoms with Gasteiger partial charge in [-0.05, 0) is 17.7 Å². The zero-order chi connectivity index (χ0) is 13.8. The third-order valence-corrected chi connectivity index (χ3v) is 3.25. The number of hydrogen-bond donors (Lipinski definition) is 2. The average Bonchev–Trinajstić information content (AvgIpc) is 2.40. The average molecular weight is 325 g/mol. The van der Waals surface area contributed by atoms with Gasteiger partial charge in [-0.2, -0.15) is 0 Å². The Balaban J connectivity index is 2.13. The molecule has 0 aromatic heterocycles. The van der Waals surface area contributed by atoms with Crippen LogP contribution in [0.15, 0.2) is 40.9 Å². The van der Waals surface area contributed by atoms with E-state index in [4.69, 9.17) is 10.5 Å². The molecule has 0 atom stereocenters. The van der Waals surface area contributed by atoms with E-state index in [1.165, 1.54) is 13.2 Å². The van der Waals surface area contributed by atoms with Gasteiger partial charge in [0, 0.05) is 23.2 Å². The van der Waals surface area contributed by atoms with Crippen molar-refractivity contribution in [2.24, 2.45) is 0 Å². The van der Waals surface area contributed by atoms with Crippen molar-refractivity contribution in [2.45, 2.75) is 6.54 Å². The summed E-state index contributed by atoms with van der Waals surface area (Å²) in [7, 11) is 1.42. The van der Waals surface area contributed by atoms with Crippen molar-refractivity contribution in [1.29, 1.82) is 0 Å². The lowest BCUT2D eigenvalue weighted by molar-refractivity contribution is 0.387. The number of halogens is 2. The highest BCUT2D eigenvalue weighted by Gasteiger charge is 2.08. The summed E-state index contributed by atoms with van der Waals surface area (Å²) in [6.45, 7) is 0.603. The molecule has 0 bridgehead atoms. The van der Waals surface area contributed by atoms with E-state index in [9.17, 15) is 4.39 Å². The zero-order valence-corrected chi connectivity index (χ0v) is 12.0. The van der Waals surface area contributed by atoms with E-state index < -0.39 is 5.82 Å². The molecule has 3 N–H and O–H groups in total. The van der Waals surface area contributed by atoms with Crippen LogP contribution in [-0.4, -0.2) is 7.11 Å². The lowest BCUT2D eigenvalue weighted by Gasteiger charge is -2.12. The zero-order valence-electron chi connectivity index (χ0n) is 10.4. The van der Waals surface area contributed by atoms with Crippen molar-refractivity contribution in [3.63, 3.8) is 0 Å². The Labute approximate surface area is 119 Å². The van der Waals surface area contributed by atoms with E-state index in [0.717, 1.165) is 10.0 Å². The Hall–Kier alpha value is -1.75. The van der Waals surface area contributed by atoms with Crippen LogP contribution >= 0.6 is 15.9 Å². The van der Waals surface area contributed by atoms with Crippen LogP contribution < -0.4 is 15.8 Å². The van der Waals surface area contributed by atoms with Crippen LogP contribution in [0.3, 0.4) is 0 Å². The second-order valence-corrected chi connectivity index (χ2v) is 4.97. The van der Waals surface area contributed by atoms with Gasteiger partial charge in [0.1, 0.15) is 0 Å². The molecule has 0 saturated carbocycles. The molecule has 0 radical (unpaired) electrons. The van der Waals surface area contributed by atoms with Gasteiger partial charge in [-0.3, -0.25) is 0 Å². The maximum atomic E-state index is 13.4.